The highest BCUT2D eigenvalue weighted by molar-refractivity contribution is 7.92. The molecule has 0 spiro atoms. The van der Waals surface area contributed by atoms with Gasteiger partial charge < -0.3 is 10.2 Å². The Morgan fingerprint density at radius 1 is 0.895 bits per heavy atom. The van der Waals surface area contributed by atoms with Crippen LogP contribution in [0, 0.1) is 6.92 Å². The molecule has 0 saturated heterocycles. The van der Waals surface area contributed by atoms with Crippen LogP contribution in [-0.2, 0) is 32.6 Å². The summed E-state index contributed by atoms with van der Waals surface area (Å²) in [6, 6.07) is 25.0. The molecule has 3 aromatic rings. The standard InChI is InChI=1S/C30H37N3O4S/c1-4-5-19-31-30(35)28(21-25-14-8-6-9-15-25)32(22-26-16-12-13-24(2)20-26)29(34)23-33(38(3,36)37)27-17-10-7-11-18-27/h6-18,20,28H,4-5,19,21-23H2,1-3H3,(H,31,35)/t28-/m0/s1. The summed E-state index contributed by atoms with van der Waals surface area (Å²) in [7, 11) is -3.76. The number of anilines is 1. The number of para-hydroxylation sites is 1. The summed E-state index contributed by atoms with van der Waals surface area (Å²) < 4.78 is 26.6. The Balaban J connectivity index is 2.01. The third-order valence-electron chi connectivity index (χ3n) is 6.26. The van der Waals surface area contributed by atoms with Crippen molar-refractivity contribution in [1.82, 2.24) is 10.2 Å². The molecule has 202 valence electrons. The van der Waals surface area contributed by atoms with Gasteiger partial charge in [-0.05, 0) is 36.6 Å². The molecule has 0 aliphatic rings. The molecule has 8 heteroatoms. The number of sulfonamides is 1. The molecule has 1 N–H and O–H groups in total. The number of nitrogens with one attached hydrogen (secondary N) is 1. The van der Waals surface area contributed by atoms with Crippen molar-refractivity contribution in [3.05, 3.63) is 102 Å². The highest BCUT2D eigenvalue weighted by Crippen LogP contribution is 2.20. The zero-order valence-electron chi connectivity index (χ0n) is 22.3. The molecule has 0 fully saturated rings. The van der Waals surface area contributed by atoms with Crippen molar-refractivity contribution < 1.29 is 18.0 Å². The van der Waals surface area contributed by atoms with Gasteiger partial charge in [0, 0.05) is 19.5 Å². The molecule has 0 unspecified atom stereocenters. The average Bonchev–Trinajstić information content (AvgIpc) is 2.89. The Morgan fingerprint density at radius 2 is 1.53 bits per heavy atom. The number of nitrogens with zero attached hydrogens (tertiary/aromatic N) is 2. The maximum absolute atomic E-state index is 14.0. The second kappa shape index (κ2) is 13.8. The Kier molecular flexibility index (Phi) is 10.5. The first-order valence-corrected chi connectivity index (χ1v) is 14.7. The minimum atomic E-state index is -3.76. The summed E-state index contributed by atoms with van der Waals surface area (Å²) in [5.74, 6) is -0.707. The summed E-state index contributed by atoms with van der Waals surface area (Å²) in [4.78, 5) is 29.0. The summed E-state index contributed by atoms with van der Waals surface area (Å²) in [5, 5.41) is 2.99. The molecule has 2 amide bonds. The van der Waals surface area contributed by atoms with Gasteiger partial charge in [-0.25, -0.2) is 8.42 Å². The van der Waals surface area contributed by atoms with Gasteiger partial charge in [-0.3, -0.25) is 13.9 Å². The quantitative estimate of drug-likeness (QED) is 0.330. The molecule has 0 radical (unpaired) electrons. The van der Waals surface area contributed by atoms with Gasteiger partial charge in [0.2, 0.25) is 21.8 Å². The van der Waals surface area contributed by atoms with Crippen LogP contribution in [0.5, 0.6) is 0 Å². The predicted octanol–water partition coefficient (Wildman–Crippen LogP) is 4.32. The lowest BCUT2D eigenvalue weighted by molar-refractivity contribution is -0.140. The van der Waals surface area contributed by atoms with E-state index in [1.54, 1.807) is 30.3 Å². The molecular weight excluding hydrogens is 498 g/mol. The van der Waals surface area contributed by atoms with Crippen molar-refractivity contribution in [3.63, 3.8) is 0 Å². The van der Waals surface area contributed by atoms with Crippen LogP contribution in [0.3, 0.4) is 0 Å². The van der Waals surface area contributed by atoms with Gasteiger partial charge in [0.05, 0.1) is 11.9 Å². The van der Waals surface area contributed by atoms with Crippen LogP contribution < -0.4 is 9.62 Å². The smallest absolute Gasteiger partial charge is 0.244 e. The molecule has 0 saturated carbocycles. The van der Waals surface area contributed by atoms with E-state index >= 15 is 0 Å². The summed E-state index contributed by atoms with van der Waals surface area (Å²) >= 11 is 0. The molecule has 0 bridgehead atoms. The minimum absolute atomic E-state index is 0.172. The van der Waals surface area contributed by atoms with Crippen molar-refractivity contribution in [2.45, 2.75) is 45.7 Å². The fourth-order valence-electron chi connectivity index (χ4n) is 4.28. The normalized spacial score (nSPS) is 12.0. The van der Waals surface area contributed by atoms with Crippen molar-refractivity contribution in [2.24, 2.45) is 0 Å². The number of hydrogen-bond acceptors (Lipinski definition) is 4. The van der Waals surface area contributed by atoms with Crippen LogP contribution in [0.25, 0.3) is 0 Å². The van der Waals surface area contributed by atoms with Gasteiger partial charge in [-0.2, -0.15) is 0 Å². The van der Waals surface area contributed by atoms with Gasteiger partial charge in [0.1, 0.15) is 12.6 Å². The molecule has 7 nitrogen and oxygen atoms in total. The van der Waals surface area contributed by atoms with E-state index in [2.05, 4.69) is 5.32 Å². The number of rotatable bonds is 13. The van der Waals surface area contributed by atoms with Crippen LogP contribution in [-0.4, -0.2) is 50.5 Å². The Hall–Kier alpha value is -3.65. The van der Waals surface area contributed by atoms with Gasteiger partial charge in [-0.15, -0.1) is 0 Å². The lowest BCUT2D eigenvalue weighted by atomic mass is 10.0. The highest BCUT2D eigenvalue weighted by atomic mass is 32.2. The summed E-state index contributed by atoms with van der Waals surface area (Å²) in [6.07, 6.45) is 3.14. The third kappa shape index (κ3) is 8.45. The van der Waals surface area contributed by atoms with E-state index < -0.39 is 28.5 Å². The van der Waals surface area contributed by atoms with E-state index in [0.29, 0.717) is 18.7 Å². The first-order valence-electron chi connectivity index (χ1n) is 12.9. The van der Waals surface area contributed by atoms with Gasteiger partial charge in [0.25, 0.3) is 0 Å². The van der Waals surface area contributed by atoms with E-state index in [-0.39, 0.29) is 12.5 Å². The van der Waals surface area contributed by atoms with Crippen LogP contribution in [0.2, 0.25) is 0 Å². The van der Waals surface area contributed by atoms with Gasteiger partial charge in [0.15, 0.2) is 0 Å². The molecule has 0 aromatic heterocycles. The maximum atomic E-state index is 14.0. The minimum Gasteiger partial charge on any atom is -0.354 e. The van der Waals surface area contributed by atoms with Crippen LogP contribution in [0.15, 0.2) is 84.9 Å². The summed E-state index contributed by atoms with van der Waals surface area (Å²) in [6.45, 7) is 4.28. The number of amides is 2. The topological polar surface area (TPSA) is 86.8 Å². The van der Waals surface area contributed by atoms with Gasteiger partial charge in [-0.1, -0.05) is 91.7 Å². The molecule has 0 aliphatic carbocycles. The number of aryl methyl sites for hydroxylation is 1. The van der Waals surface area contributed by atoms with E-state index in [9.17, 15) is 18.0 Å². The number of unbranched alkanes of at least 4 members (excludes halogenated alkanes) is 1. The van der Waals surface area contributed by atoms with Gasteiger partial charge >= 0.3 is 0 Å². The largest absolute Gasteiger partial charge is 0.354 e. The van der Waals surface area contributed by atoms with E-state index in [0.717, 1.165) is 40.1 Å². The molecule has 3 aromatic carbocycles. The second-order valence-corrected chi connectivity index (χ2v) is 11.4. The van der Waals surface area contributed by atoms with E-state index in [4.69, 9.17) is 0 Å². The Bertz CT molecular complexity index is 1300. The monoisotopic (exact) mass is 535 g/mol. The molecule has 0 heterocycles. The first-order chi connectivity index (χ1) is 18.2. The molecule has 0 aliphatic heterocycles. The lowest BCUT2D eigenvalue weighted by Gasteiger charge is -2.33. The predicted molar refractivity (Wildman–Crippen MR) is 152 cm³/mol. The SMILES string of the molecule is CCCCNC(=O)[C@H](Cc1ccccc1)N(Cc1cccc(C)c1)C(=O)CN(c1ccccc1)S(C)(=O)=O. The van der Waals surface area contributed by atoms with Crippen molar-refractivity contribution in [1.29, 1.82) is 0 Å². The maximum Gasteiger partial charge on any atom is 0.244 e. The highest BCUT2D eigenvalue weighted by Gasteiger charge is 2.32. The second-order valence-electron chi connectivity index (χ2n) is 9.47. The third-order valence-corrected chi connectivity index (χ3v) is 7.40. The van der Waals surface area contributed by atoms with Crippen molar-refractivity contribution in [3.8, 4) is 0 Å². The number of carbonyl (C=O) groups is 2. The number of hydrogen-bond donors (Lipinski definition) is 1. The first kappa shape index (κ1) is 28.9. The lowest BCUT2D eigenvalue weighted by Crippen LogP contribution is -2.53. The van der Waals surface area contributed by atoms with E-state index in [1.807, 2.05) is 68.4 Å². The fraction of sp³-hybridized carbons (Fsp3) is 0.333. The number of carbonyl (C=O) groups excluding carboxylic acids is 2. The Labute approximate surface area is 226 Å². The van der Waals surface area contributed by atoms with Crippen LogP contribution in [0.1, 0.15) is 36.5 Å². The zero-order valence-corrected chi connectivity index (χ0v) is 23.2. The van der Waals surface area contributed by atoms with Crippen molar-refractivity contribution in [2.75, 3.05) is 23.7 Å². The Morgan fingerprint density at radius 3 is 2.13 bits per heavy atom. The average molecular weight is 536 g/mol. The van der Waals surface area contributed by atoms with Crippen LogP contribution >= 0.6 is 0 Å². The van der Waals surface area contributed by atoms with Crippen molar-refractivity contribution >= 4 is 27.5 Å². The number of benzene rings is 3. The zero-order chi connectivity index (χ0) is 27.5. The molecule has 1 atom stereocenters. The van der Waals surface area contributed by atoms with Crippen LogP contribution in [0.4, 0.5) is 5.69 Å². The van der Waals surface area contributed by atoms with E-state index in [1.165, 1.54) is 4.90 Å². The summed E-state index contributed by atoms with van der Waals surface area (Å²) in [5.41, 5.74) is 3.20. The molecular formula is C30H37N3O4S. The fourth-order valence-corrected chi connectivity index (χ4v) is 5.12. The molecule has 38 heavy (non-hydrogen) atoms. The molecule has 3 rings (SSSR count).